The number of hydrogen-bond donors (Lipinski definition) is 3. The smallest absolute Gasteiger partial charge is 0.422 e. The molecule has 0 saturated carbocycles. The lowest BCUT2D eigenvalue weighted by Gasteiger charge is -2.31. The Labute approximate surface area is 187 Å². The number of nitrogens with zero attached hydrogens (tertiary/aromatic N) is 2. The molecular formula is C23H26N4O4S. The zero-order valence-corrected chi connectivity index (χ0v) is 19.0. The highest BCUT2D eigenvalue weighted by atomic mass is 32.2. The van der Waals surface area contributed by atoms with Gasteiger partial charge in [0.15, 0.2) is 0 Å². The molecule has 2 aromatic carbocycles. The average Bonchev–Trinajstić information content (AvgIpc) is 3.09. The average molecular weight is 455 g/mol. The van der Waals surface area contributed by atoms with E-state index in [1.54, 1.807) is 18.2 Å². The monoisotopic (exact) mass is 454 g/mol. The van der Waals surface area contributed by atoms with Crippen molar-refractivity contribution in [2.45, 2.75) is 45.2 Å². The van der Waals surface area contributed by atoms with Crippen molar-refractivity contribution in [3.8, 4) is 0 Å². The number of aromatic nitrogens is 1. The van der Waals surface area contributed by atoms with E-state index >= 15 is 0 Å². The highest BCUT2D eigenvalue weighted by molar-refractivity contribution is 7.91. The number of amides is 1. The molecule has 168 valence electrons. The van der Waals surface area contributed by atoms with E-state index in [0.717, 1.165) is 24.0 Å². The number of rotatable bonds is 5. The van der Waals surface area contributed by atoms with Crippen LogP contribution in [0.15, 0.2) is 54.6 Å². The van der Waals surface area contributed by atoms with E-state index in [0.29, 0.717) is 9.82 Å². The SMILES string of the molecule is CC(C)(C)N(C(=O)O)S(=O)(=O)Nc1ccc2nc(N[C@@H]3CCc4ccccc43)ccc2c1. The fraction of sp³-hybridized carbons (Fsp3) is 0.304. The number of aryl methyl sites for hydroxylation is 1. The molecule has 1 heterocycles. The van der Waals surface area contributed by atoms with Gasteiger partial charge in [0.2, 0.25) is 0 Å². The van der Waals surface area contributed by atoms with E-state index < -0.39 is 21.8 Å². The summed E-state index contributed by atoms with van der Waals surface area (Å²) in [5.41, 5.74) is 2.49. The molecular weight excluding hydrogens is 428 g/mol. The first-order valence-electron chi connectivity index (χ1n) is 10.4. The van der Waals surface area contributed by atoms with Gasteiger partial charge in [0.05, 0.1) is 22.8 Å². The molecule has 1 aromatic heterocycles. The highest BCUT2D eigenvalue weighted by Crippen LogP contribution is 2.33. The predicted octanol–water partition coefficient (Wildman–Crippen LogP) is 4.77. The number of pyridine rings is 1. The second-order valence-electron chi connectivity index (χ2n) is 8.86. The molecule has 0 unspecified atom stereocenters. The lowest BCUT2D eigenvalue weighted by Crippen LogP contribution is -2.50. The zero-order valence-electron chi connectivity index (χ0n) is 18.2. The van der Waals surface area contributed by atoms with E-state index in [9.17, 15) is 18.3 Å². The summed E-state index contributed by atoms with van der Waals surface area (Å²) >= 11 is 0. The van der Waals surface area contributed by atoms with Gasteiger partial charge in [0.25, 0.3) is 0 Å². The van der Waals surface area contributed by atoms with Crippen LogP contribution in [0.25, 0.3) is 10.9 Å². The Morgan fingerprint density at radius 1 is 1.12 bits per heavy atom. The summed E-state index contributed by atoms with van der Waals surface area (Å²) in [5.74, 6) is 0.748. The van der Waals surface area contributed by atoms with Gasteiger partial charge in [0, 0.05) is 5.39 Å². The van der Waals surface area contributed by atoms with Crippen molar-refractivity contribution >= 4 is 38.7 Å². The van der Waals surface area contributed by atoms with Crippen molar-refractivity contribution in [2.75, 3.05) is 10.0 Å². The Balaban J connectivity index is 1.55. The molecule has 1 aliphatic carbocycles. The first-order chi connectivity index (χ1) is 15.0. The van der Waals surface area contributed by atoms with Crippen LogP contribution in [0.3, 0.4) is 0 Å². The number of hydrogen-bond acceptors (Lipinski definition) is 5. The van der Waals surface area contributed by atoms with Gasteiger partial charge in [-0.2, -0.15) is 12.7 Å². The number of benzene rings is 2. The summed E-state index contributed by atoms with van der Waals surface area (Å²) in [4.78, 5) is 16.2. The van der Waals surface area contributed by atoms with Gasteiger partial charge in [-0.15, -0.1) is 0 Å². The maximum Gasteiger partial charge on any atom is 0.422 e. The minimum absolute atomic E-state index is 0.210. The topological polar surface area (TPSA) is 112 Å². The number of anilines is 2. The molecule has 3 aromatic rings. The molecule has 0 aliphatic heterocycles. The Morgan fingerprint density at radius 2 is 1.88 bits per heavy atom. The van der Waals surface area contributed by atoms with Crippen LogP contribution in [0.1, 0.15) is 44.4 Å². The number of carboxylic acid groups (broad SMARTS) is 1. The minimum Gasteiger partial charge on any atom is -0.464 e. The molecule has 1 atom stereocenters. The van der Waals surface area contributed by atoms with Crippen LogP contribution in [-0.2, 0) is 16.6 Å². The Kier molecular flexibility index (Phi) is 5.46. The van der Waals surface area contributed by atoms with Crippen LogP contribution in [0, 0.1) is 0 Å². The molecule has 4 rings (SSSR count). The minimum atomic E-state index is -4.30. The first-order valence-corrected chi connectivity index (χ1v) is 11.8. The van der Waals surface area contributed by atoms with Crippen molar-refractivity contribution < 1.29 is 18.3 Å². The standard InChI is InChI=1S/C23H26N4O4S/c1-23(2,3)27(22(28)29)32(30,31)26-17-10-12-19-16(14-17)9-13-21(24-19)25-20-11-8-15-6-4-5-7-18(15)20/h4-7,9-10,12-14,20,26H,8,11H2,1-3H3,(H,24,25)(H,28,29)/t20-/m1/s1. The predicted molar refractivity (Wildman–Crippen MR) is 125 cm³/mol. The lowest BCUT2D eigenvalue weighted by atomic mass is 10.1. The van der Waals surface area contributed by atoms with Crippen LogP contribution in [0.5, 0.6) is 0 Å². The van der Waals surface area contributed by atoms with Crippen molar-refractivity contribution in [1.29, 1.82) is 0 Å². The van der Waals surface area contributed by atoms with Crippen molar-refractivity contribution in [1.82, 2.24) is 9.29 Å². The Bertz CT molecular complexity index is 1280. The summed E-state index contributed by atoms with van der Waals surface area (Å²) in [6, 6.07) is 17.2. The van der Waals surface area contributed by atoms with E-state index in [2.05, 4.69) is 33.2 Å². The quantitative estimate of drug-likeness (QED) is 0.512. The molecule has 0 saturated heterocycles. The summed E-state index contributed by atoms with van der Waals surface area (Å²) in [5, 5.41) is 13.6. The van der Waals surface area contributed by atoms with Gasteiger partial charge >= 0.3 is 16.3 Å². The van der Waals surface area contributed by atoms with E-state index in [4.69, 9.17) is 0 Å². The highest BCUT2D eigenvalue weighted by Gasteiger charge is 2.37. The third-order valence-electron chi connectivity index (χ3n) is 5.41. The van der Waals surface area contributed by atoms with Crippen LogP contribution >= 0.6 is 0 Å². The van der Waals surface area contributed by atoms with Crippen molar-refractivity contribution in [2.24, 2.45) is 0 Å². The van der Waals surface area contributed by atoms with Gasteiger partial charge in [-0.05, 0) is 75.1 Å². The van der Waals surface area contributed by atoms with Gasteiger partial charge in [-0.3, -0.25) is 4.72 Å². The summed E-state index contributed by atoms with van der Waals surface area (Å²) in [6.45, 7) is 4.55. The van der Waals surface area contributed by atoms with Gasteiger partial charge in [-0.1, -0.05) is 24.3 Å². The molecule has 0 radical (unpaired) electrons. The molecule has 0 spiro atoms. The molecule has 1 aliphatic rings. The van der Waals surface area contributed by atoms with E-state index in [1.807, 2.05) is 18.2 Å². The summed E-state index contributed by atoms with van der Waals surface area (Å²) in [7, 11) is -4.30. The van der Waals surface area contributed by atoms with Gasteiger partial charge < -0.3 is 10.4 Å². The normalized spacial score (nSPS) is 15.9. The maximum absolute atomic E-state index is 12.7. The fourth-order valence-corrected chi connectivity index (χ4v) is 5.54. The van der Waals surface area contributed by atoms with E-state index in [1.165, 1.54) is 31.9 Å². The molecule has 32 heavy (non-hydrogen) atoms. The molecule has 3 N–H and O–H groups in total. The maximum atomic E-state index is 12.7. The molecule has 0 fully saturated rings. The zero-order chi connectivity index (χ0) is 23.1. The summed E-state index contributed by atoms with van der Waals surface area (Å²) in [6.07, 6.45) is 0.497. The fourth-order valence-electron chi connectivity index (χ4n) is 4.10. The largest absolute Gasteiger partial charge is 0.464 e. The number of fused-ring (bicyclic) bond motifs is 2. The van der Waals surface area contributed by atoms with Crippen molar-refractivity contribution in [3.05, 3.63) is 65.7 Å². The first kappa shape index (κ1) is 21.9. The molecule has 9 heteroatoms. The molecule has 1 amide bonds. The van der Waals surface area contributed by atoms with Crippen LogP contribution < -0.4 is 10.0 Å². The number of carbonyl (C=O) groups is 1. The molecule has 0 bridgehead atoms. The van der Waals surface area contributed by atoms with Gasteiger partial charge in [-0.25, -0.2) is 9.78 Å². The second kappa shape index (κ2) is 7.98. The van der Waals surface area contributed by atoms with E-state index in [-0.39, 0.29) is 11.7 Å². The summed E-state index contributed by atoms with van der Waals surface area (Å²) < 4.78 is 28.1. The Morgan fingerprint density at radius 3 is 2.59 bits per heavy atom. The second-order valence-corrected chi connectivity index (χ2v) is 10.4. The van der Waals surface area contributed by atoms with Gasteiger partial charge in [0.1, 0.15) is 5.82 Å². The third-order valence-corrected chi connectivity index (χ3v) is 7.09. The lowest BCUT2D eigenvalue weighted by molar-refractivity contribution is 0.147. The Hall–Kier alpha value is -3.33. The van der Waals surface area contributed by atoms with Crippen LogP contribution in [0.4, 0.5) is 16.3 Å². The van der Waals surface area contributed by atoms with Crippen LogP contribution in [0.2, 0.25) is 0 Å². The van der Waals surface area contributed by atoms with Crippen molar-refractivity contribution in [3.63, 3.8) is 0 Å². The molecule has 8 nitrogen and oxygen atoms in total. The third kappa shape index (κ3) is 4.34. The van der Waals surface area contributed by atoms with Crippen LogP contribution in [-0.4, -0.2) is 34.4 Å². The number of nitrogens with one attached hydrogen (secondary N) is 2.